The average molecular weight is 434 g/mol. The summed E-state index contributed by atoms with van der Waals surface area (Å²) < 4.78 is 11.2. The number of imidazole rings is 2. The van der Waals surface area contributed by atoms with Gasteiger partial charge in [-0.15, -0.1) is 0 Å². The van der Waals surface area contributed by atoms with Gasteiger partial charge in [-0.2, -0.15) is 0 Å². The van der Waals surface area contributed by atoms with Gasteiger partial charge in [-0.3, -0.25) is 13.9 Å². The zero-order valence-electron chi connectivity index (χ0n) is 18.8. The highest BCUT2D eigenvalue weighted by Crippen LogP contribution is 2.25. The monoisotopic (exact) mass is 433 g/mol. The molecule has 1 aliphatic rings. The van der Waals surface area contributed by atoms with E-state index in [1.165, 1.54) is 5.56 Å². The fourth-order valence-electron chi connectivity index (χ4n) is 3.57. The van der Waals surface area contributed by atoms with Crippen LogP contribution in [-0.4, -0.2) is 32.9 Å². The second-order valence-corrected chi connectivity index (χ2v) is 6.81. The van der Waals surface area contributed by atoms with Gasteiger partial charge in [-0.05, 0) is 54.5 Å². The predicted molar refractivity (Wildman–Crippen MR) is 130 cm³/mol. The molecule has 7 heteroatoms. The van der Waals surface area contributed by atoms with Gasteiger partial charge in [0.15, 0.2) is 5.82 Å². The molecule has 0 fully saturated rings. The standard InChI is InChI=1S/C22H19N5O.C2H6.CH3F/c1-2-14-6-11-17-18(13-14)25-20(24-17)15-7-9-16(10-8-15)27-19-5-3-4-12-23-21(19)26-22(27)28;2*1-2/h3-4,6-13H,2,5H2,1H3,(H,24,25)(H,26,28);1-2H3;1H3. The lowest BCUT2D eigenvalue weighted by molar-refractivity contribution is 0.636. The molecule has 0 spiro atoms. The number of allylic oxidation sites excluding steroid dienone is 2. The third-order valence-electron chi connectivity index (χ3n) is 5.06. The minimum Gasteiger partial charge on any atom is -0.338 e. The van der Waals surface area contributed by atoms with E-state index in [4.69, 9.17) is 4.98 Å². The summed E-state index contributed by atoms with van der Waals surface area (Å²) in [4.78, 5) is 27.7. The molecule has 3 heterocycles. The van der Waals surface area contributed by atoms with Crippen molar-refractivity contribution < 1.29 is 4.39 Å². The van der Waals surface area contributed by atoms with Crippen LogP contribution in [0, 0.1) is 0 Å². The van der Waals surface area contributed by atoms with E-state index in [9.17, 15) is 9.18 Å². The van der Waals surface area contributed by atoms with Crippen molar-refractivity contribution in [1.29, 1.82) is 0 Å². The molecular formula is C25H28FN5O. The number of aromatic nitrogens is 4. The molecule has 166 valence electrons. The second-order valence-electron chi connectivity index (χ2n) is 6.81. The highest BCUT2D eigenvalue weighted by Gasteiger charge is 2.15. The molecule has 0 bridgehead atoms. The second kappa shape index (κ2) is 10.5. The first-order valence-corrected chi connectivity index (χ1v) is 10.7. The molecule has 0 unspecified atom stereocenters. The Morgan fingerprint density at radius 2 is 1.81 bits per heavy atom. The predicted octanol–water partition coefficient (Wildman–Crippen LogP) is 5.70. The minimum atomic E-state index is -0.180. The molecule has 2 N–H and O–H groups in total. The number of aryl methyl sites for hydroxylation is 1. The van der Waals surface area contributed by atoms with E-state index in [-0.39, 0.29) is 5.69 Å². The first-order valence-electron chi connectivity index (χ1n) is 10.7. The molecule has 0 radical (unpaired) electrons. The summed E-state index contributed by atoms with van der Waals surface area (Å²) in [7, 11) is 0.500. The Labute approximate surface area is 186 Å². The van der Waals surface area contributed by atoms with E-state index in [1.54, 1.807) is 10.8 Å². The van der Waals surface area contributed by atoms with Crippen molar-refractivity contribution >= 4 is 23.1 Å². The number of benzene rings is 2. The van der Waals surface area contributed by atoms with Crippen molar-refractivity contribution in [2.24, 2.45) is 4.99 Å². The van der Waals surface area contributed by atoms with Crippen molar-refractivity contribution in [3.05, 3.63) is 76.4 Å². The molecule has 2 aromatic carbocycles. The molecule has 4 aromatic rings. The topological polar surface area (TPSA) is 78.8 Å². The number of hydrogen-bond acceptors (Lipinski definition) is 3. The summed E-state index contributed by atoms with van der Waals surface area (Å²) in [6.45, 7) is 6.14. The van der Waals surface area contributed by atoms with Crippen molar-refractivity contribution in [3.63, 3.8) is 0 Å². The summed E-state index contributed by atoms with van der Waals surface area (Å²) >= 11 is 0. The number of fused-ring (bicyclic) bond motifs is 2. The Bertz CT molecular complexity index is 1290. The summed E-state index contributed by atoms with van der Waals surface area (Å²) in [6, 6.07) is 14.1. The van der Waals surface area contributed by atoms with Crippen LogP contribution in [0.5, 0.6) is 0 Å². The number of hydrogen-bond donors (Lipinski definition) is 2. The van der Waals surface area contributed by atoms with Crippen molar-refractivity contribution in [2.45, 2.75) is 33.6 Å². The smallest absolute Gasteiger partial charge is 0.332 e. The van der Waals surface area contributed by atoms with Crippen LogP contribution in [0.2, 0.25) is 0 Å². The molecule has 5 rings (SSSR count). The average Bonchev–Trinajstić information content (AvgIpc) is 3.33. The van der Waals surface area contributed by atoms with Crippen molar-refractivity contribution in [1.82, 2.24) is 19.5 Å². The maximum Gasteiger partial charge on any atom is 0.332 e. The van der Waals surface area contributed by atoms with Crippen LogP contribution in [0.3, 0.4) is 0 Å². The summed E-state index contributed by atoms with van der Waals surface area (Å²) in [6.07, 6.45) is 7.22. The lowest BCUT2D eigenvalue weighted by atomic mass is 10.1. The van der Waals surface area contributed by atoms with Crippen molar-refractivity contribution in [3.8, 4) is 17.1 Å². The summed E-state index contributed by atoms with van der Waals surface area (Å²) in [5.41, 5.74) is 5.73. The van der Waals surface area contributed by atoms with Crippen LogP contribution in [-0.2, 0) is 12.8 Å². The Hall–Kier alpha value is -3.74. The highest BCUT2D eigenvalue weighted by atomic mass is 19.1. The normalized spacial score (nSPS) is 11.8. The number of nitrogens with zero attached hydrogens (tertiary/aromatic N) is 3. The van der Waals surface area contributed by atoms with Gasteiger partial charge < -0.3 is 4.98 Å². The zero-order valence-corrected chi connectivity index (χ0v) is 18.8. The van der Waals surface area contributed by atoms with E-state index >= 15 is 0 Å². The van der Waals surface area contributed by atoms with Crippen molar-refractivity contribution in [2.75, 3.05) is 7.18 Å². The maximum absolute atomic E-state index is 12.4. The van der Waals surface area contributed by atoms with Gasteiger partial charge >= 0.3 is 5.69 Å². The number of alkyl halides is 1. The molecule has 0 aliphatic carbocycles. The first kappa shape index (κ1) is 22.9. The van der Waals surface area contributed by atoms with Crippen LogP contribution in [0.25, 0.3) is 28.1 Å². The number of aromatic amines is 2. The van der Waals surface area contributed by atoms with E-state index in [0.717, 1.165) is 40.2 Å². The van der Waals surface area contributed by atoms with E-state index in [1.807, 2.05) is 56.3 Å². The van der Waals surface area contributed by atoms with E-state index in [0.29, 0.717) is 19.4 Å². The van der Waals surface area contributed by atoms with E-state index in [2.05, 4.69) is 34.0 Å². The molecule has 32 heavy (non-hydrogen) atoms. The molecular weight excluding hydrogens is 405 g/mol. The van der Waals surface area contributed by atoms with Gasteiger partial charge in [0.2, 0.25) is 0 Å². The SMILES string of the molecule is CC.CCc1ccc2nc(-c3ccc(-n4c5c([nH]c4=O)N=CC=CC5)cc3)[nH]c2c1.CF. The number of nitrogens with one attached hydrogen (secondary N) is 2. The largest absolute Gasteiger partial charge is 0.338 e. The van der Waals surface area contributed by atoms with Gasteiger partial charge in [0.05, 0.1) is 29.6 Å². The van der Waals surface area contributed by atoms with Gasteiger partial charge in [0.25, 0.3) is 0 Å². The van der Waals surface area contributed by atoms with Crippen LogP contribution >= 0.6 is 0 Å². The third kappa shape index (κ3) is 4.46. The van der Waals surface area contributed by atoms with E-state index < -0.39 is 0 Å². The van der Waals surface area contributed by atoms with Crippen LogP contribution in [0.4, 0.5) is 10.2 Å². The molecule has 0 amide bonds. The van der Waals surface area contributed by atoms with Crippen LogP contribution in [0.1, 0.15) is 32.0 Å². The fourth-order valence-corrected chi connectivity index (χ4v) is 3.57. The maximum atomic E-state index is 12.4. The van der Waals surface area contributed by atoms with Gasteiger partial charge in [0, 0.05) is 18.2 Å². The Balaban J connectivity index is 0.000000686. The van der Waals surface area contributed by atoms with Gasteiger partial charge in [-0.1, -0.05) is 32.9 Å². The minimum absolute atomic E-state index is 0.180. The zero-order chi connectivity index (χ0) is 23.1. The molecule has 0 atom stereocenters. The molecule has 0 saturated heterocycles. The number of halogens is 1. The Morgan fingerprint density at radius 3 is 2.53 bits per heavy atom. The first-order chi connectivity index (χ1) is 15.7. The quantitative estimate of drug-likeness (QED) is 0.435. The number of H-pyrrole nitrogens is 2. The Morgan fingerprint density at radius 1 is 1.06 bits per heavy atom. The fraction of sp³-hybridized carbons (Fsp3) is 0.240. The lowest BCUT2D eigenvalue weighted by Crippen LogP contribution is -2.16. The molecule has 6 nitrogen and oxygen atoms in total. The number of aliphatic imine (C=N–C) groups is 1. The van der Waals surface area contributed by atoms with Gasteiger partial charge in [-0.25, -0.2) is 14.8 Å². The number of rotatable bonds is 3. The third-order valence-corrected chi connectivity index (χ3v) is 5.06. The van der Waals surface area contributed by atoms with Crippen LogP contribution < -0.4 is 5.69 Å². The molecule has 2 aromatic heterocycles. The molecule has 1 aliphatic heterocycles. The summed E-state index contributed by atoms with van der Waals surface area (Å²) in [5, 5.41) is 0. The van der Waals surface area contributed by atoms with Crippen LogP contribution in [0.15, 0.2) is 64.4 Å². The highest BCUT2D eigenvalue weighted by molar-refractivity contribution is 5.80. The Kier molecular flexibility index (Phi) is 7.54. The lowest BCUT2D eigenvalue weighted by Gasteiger charge is -2.07. The van der Waals surface area contributed by atoms with Gasteiger partial charge in [0.1, 0.15) is 5.82 Å². The molecule has 0 saturated carbocycles. The summed E-state index contributed by atoms with van der Waals surface area (Å²) in [5.74, 6) is 1.44.